The van der Waals surface area contributed by atoms with Crippen molar-refractivity contribution in [2.24, 2.45) is 0 Å². The molecule has 1 saturated heterocycles. The highest BCUT2D eigenvalue weighted by Crippen LogP contribution is 2.31. The molecule has 29 heavy (non-hydrogen) atoms. The molecular weight excluding hydrogens is 364 g/mol. The summed E-state index contributed by atoms with van der Waals surface area (Å²) in [4.78, 5) is 4.73. The molecule has 0 spiro atoms. The first-order chi connectivity index (χ1) is 14.2. The van der Waals surface area contributed by atoms with Gasteiger partial charge in [-0.2, -0.15) is 0 Å². The van der Waals surface area contributed by atoms with Crippen molar-refractivity contribution in [2.75, 3.05) is 36.0 Å². The SMILES string of the molecule is Cc1ccc(N2CCN(c3nnc(-c4nnc(C)o4)c4ccccc34)CC2)cc1. The number of hydrogen-bond acceptors (Lipinski definition) is 7. The summed E-state index contributed by atoms with van der Waals surface area (Å²) >= 11 is 0. The fraction of sp³-hybridized carbons (Fsp3) is 0.273. The number of hydrogen-bond donors (Lipinski definition) is 0. The summed E-state index contributed by atoms with van der Waals surface area (Å²) in [6.07, 6.45) is 0. The quantitative estimate of drug-likeness (QED) is 0.532. The van der Waals surface area contributed by atoms with Crippen molar-refractivity contribution in [1.82, 2.24) is 20.4 Å². The lowest BCUT2D eigenvalue weighted by molar-refractivity contribution is 0.530. The normalized spacial score (nSPS) is 14.6. The fourth-order valence-electron chi connectivity index (χ4n) is 3.81. The lowest BCUT2D eigenvalue weighted by atomic mass is 10.1. The lowest BCUT2D eigenvalue weighted by Gasteiger charge is -2.37. The maximum atomic E-state index is 5.59. The molecule has 0 amide bonds. The van der Waals surface area contributed by atoms with Crippen molar-refractivity contribution in [3.8, 4) is 11.6 Å². The lowest BCUT2D eigenvalue weighted by Crippen LogP contribution is -2.47. The molecule has 1 fully saturated rings. The first kappa shape index (κ1) is 17.6. The summed E-state index contributed by atoms with van der Waals surface area (Å²) in [5, 5.41) is 19.1. The molecule has 0 bridgehead atoms. The van der Waals surface area contributed by atoms with Crippen LogP contribution in [0.1, 0.15) is 11.5 Å². The third-order valence-corrected chi connectivity index (χ3v) is 5.37. The van der Waals surface area contributed by atoms with Crippen LogP contribution in [0.25, 0.3) is 22.4 Å². The van der Waals surface area contributed by atoms with Crippen LogP contribution in [-0.4, -0.2) is 46.6 Å². The number of anilines is 2. The number of aromatic nitrogens is 4. The minimum Gasteiger partial charge on any atom is -0.420 e. The van der Waals surface area contributed by atoms with Gasteiger partial charge in [-0.15, -0.1) is 20.4 Å². The minimum atomic E-state index is 0.405. The molecule has 7 nitrogen and oxygen atoms in total. The Morgan fingerprint density at radius 1 is 0.724 bits per heavy atom. The fourth-order valence-corrected chi connectivity index (χ4v) is 3.81. The maximum Gasteiger partial charge on any atom is 0.268 e. The number of aryl methyl sites for hydroxylation is 2. The van der Waals surface area contributed by atoms with E-state index >= 15 is 0 Å². The molecule has 146 valence electrons. The molecule has 4 aromatic rings. The molecule has 1 aliphatic rings. The van der Waals surface area contributed by atoms with Gasteiger partial charge in [-0.25, -0.2) is 0 Å². The zero-order chi connectivity index (χ0) is 19.8. The summed E-state index contributed by atoms with van der Waals surface area (Å²) in [5.41, 5.74) is 3.18. The molecule has 0 atom stereocenters. The summed E-state index contributed by atoms with van der Waals surface area (Å²) in [7, 11) is 0. The van der Waals surface area contributed by atoms with Crippen molar-refractivity contribution >= 4 is 22.3 Å². The minimum absolute atomic E-state index is 0.405. The van der Waals surface area contributed by atoms with Crippen LogP contribution >= 0.6 is 0 Å². The Kier molecular flexibility index (Phi) is 4.35. The number of fused-ring (bicyclic) bond motifs is 1. The van der Waals surface area contributed by atoms with Crippen LogP contribution in [0.4, 0.5) is 11.5 Å². The van der Waals surface area contributed by atoms with Crippen LogP contribution in [0.5, 0.6) is 0 Å². The number of piperazine rings is 1. The van der Waals surface area contributed by atoms with Crippen molar-refractivity contribution < 1.29 is 4.42 Å². The van der Waals surface area contributed by atoms with E-state index in [1.807, 2.05) is 18.2 Å². The van der Waals surface area contributed by atoms with Crippen molar-refractivity contribution in [3.63, 3.8) is 0 Å². The zero-order valence-electron chi connectivity index (χ0n) is 16.5. The highest BCUT2D eigenvalue weighted by atomic mass is 16.4. The van der Waals surface area contributed by atoms with Crippen LogP contribution in [-0.2, 0) is 0 Å². The average Bonchev–Trinajstić information content (AvgIpc) is 3.20. The Morgan fingerprint density at radius 3 is 2.10 bits per heavy atom. The van der Waals surface area contributed by atoms with Gasteiger partial charge in [0.15, 0.2) is 11.5 Å². The molecule has 0 saturated carbocycles. The molecule has 0 radical (unpaired) electrons. The Labute approximate surface area is 169 Å². The molecule has 2 aromatic carbocycles. The topological polar surface area (TPSA) is 71.2 Å². The summed E-state index contributed by atoms with van der Waals surface area (Å²) < 4.78 is 5.59. The third kappa shape index (κ3) is 3.29. The second-order valence-corrected chi connectivity index (χ2v) is 7.35. The van der Waals surface area contributed by atoms with Crippen LogP contribution in [0.15, 0.2) is 52.9 Å². The van der Waals surface area contributed by atoms with E-state index in [1.54, 1.807) is 6.92 Å². The van der Waals surface area contributed by atoms with E-state index < -0.39 is 0 Å². The molecule has 2 aromatic heterocycles. The first-order valence-corrected chi connectivity index (χ1v) is 9.81. The van der Waals surface area contributed by atoms with Gasteiger partial charge in [0.05, 0.1) is 0 Å². The van der Waals surface area contributed by atoms with Gasteiger partial charge in [-0.05, 0) is 19.1 Å². The Bertz CT molecular complexity index is 1150. The second kappa shape index (κ2) is 7.16. The number of rotatable bonds is 3. The molecule has 0 aliphatic carbocycles. The smallest absolute Gasteiger partial charge is 0.268 e. The van der Waals surface area contributed by atoms with Crippen LogP contribution in [0.3, 0.4) is 0 Å². The summed E-state index contributed by atoms with van der Waals surface area (Å²) in [6.45, 7) is 7.57. The Hall–Kier alpha value is -3.48. The molecule has 0 unspecified atom stereocenters. The monoisotopic (exact) mass is 386 g/mol. The largest absolute Gasteiger partial charge is 0.420 e. The number of benzene rings is 2. The van der Waals surface area contributed by atoms with Gasteiger partial charge in [0.25, 0.3) is 5.89 Å². The van der Waals surface area contributed by atoms with E-state index in [-0.39, 0.29) is 0 Å². The van der Waals surface area contributed by atoms with Gasteiger partial charge in [0.1, 0.15) is 0 Å². The molecule has 7 heteroatoms. The predicted molar refractivity (Wildman–Crippen MR) is 113 cm³/mol. The van der Waals surface area contributed by atoms with Crippen molar-refractivity contribution in [2.45, 2.75) is 13.8 Å². The summed E-state index contributed by atoms with van der Waals surface area (Å²) in [5.74, 6) is 1.83. The standard InChI is InChI=1S/C22H22N6O/c1-15-7-9-17(10-8-15)27-11-13-28(14-12-27)21-19-6-4-3-5-18(19)20(24-25-21)22-26-23-16(2)29-22/h3-10H,11-14H2,1-2H3. The van der Waals surface area contributed by atoms with Crippen LogP contribution < -0.4 is 9.80 Å². The maximum absolute atomic E-state index is 5.59. The third-order valence-electron chi connectivity index (χ3n) is 5.37. The van der Waals surface area contributed by atoms with E-state index in [0.29, 0.717) is 17.5 Å². The van der Waals surface area contributed by atoms with E-state index in [0.717, 1.165) is 42.8 Å². The highest BCUT2D eigenvalue weighted by Gasteiger charge is 2.22. The average molecular weight is 386 g/mol. The van der Waals surface area contributed by atoms with E-state index in [1.165, 1.54) is 11.3 Å². The van der Waals surface area contributed by atoms with Crippen molar-refractivity contribution in [1.29, 1.82) is 0 Å². The Morgan fingerprint density at radius 2 is 1.41 bits per heavy atom. The van der Waals surface area contributed by atoms with Gasteiger partial charge in [0, 0.05) is 49.6 Å². The first-order valence-electron chi connectivity index (χ1n) is 9.81. The highest BCUT2D eigenvalue weighted by molar-refractivity contribution is 5.99. The van der Waals surface area contributed by atoms with E-state index in [2.05, 4.69) is 67.5 Å². The molecular formula is C22H22N6O. The molecule has 1 aliphatic heterocycles. The van der Waals surface area contributed by atoms with Crippen LogP contribution in [0.2, 0.25) is 0 Å². The van der Waals surface area contributed by atoms with Crippen molar-refractivity contribution in [3.05, 3.63) is 60.0 Å². The number of nitrogens with zero attached hydrogens (tertiary/aromatic N) is 6. The van der Waals surface area contributed by atoms with Crippen LogP contribution in [0, 0.1) is 13.8 Å². The van der Waals surface area contributed by atoms with Gasteiger partial charge in [0.2, 0.25) is 5.89 Å². The molecule has 0 N–H and O–H groups in total. The van der Waals surface area contributed by atoms with Gasteiger partial charge < -0.3 is 14.2 Å². The van der Waals surface area contributed by atoms with E-state index in [9.17, 15) is 0 Å². The molecule has 3 heterocycles. The predicted octanol–water partition coefficient (Wildman–Crippen LogP) is 3.62. The Balaban J connectivity index is 1.43. The van der Waals surface area contributed by atoms with Gasteiger partial charge in [-0.3, -0.25) is 0 Å². The van der Waals surface area contributed by atoms with Gasteiger partial charge in [-0.1, -0.05) is 42.0 Å². The molecule has 5 rings (SSSR count). The second-order valence-electron chi connectivity index (χ2n) is 7.35. The summed E-state index contributed by atoms with van der Waals surface area (Å²) in [6, 6.07) is 16.9. The zero-order valence-corrected chi connectivity index (χ0v) is 16.5. The van der Waals surface area contributed by atoms with Gasteiger partial charge >= 0.3 is 0 Å². The van der Waals surface area contributed by atoms with E-state index in [4.69, 9.17) is 4.42 Å².